The highest BCUT2D eigenvalue weighted by molar-refractivity contribution is 9.10. The molecule has 0 bridgehead atoms. The van der Waals surface area contributed by atoms with Crippen molar-refractivity contribution in [1.82, 2.24) is 9.29 Å². The molecule has 1 aromatic rings. The topological polar surface area (TPSA) is 48.2 Å². The molecule has 6 heteroatoms. The fourth-order valence-electron chi connectivity index (χ4n) is 1.71. The van der Waals surface area contributed by atoms with Gasteiger partial charge in [0.05, 0.1) is 19.7 Å². The Morgan fingerprint density at radius 2 is 2.22 bits per heavy atom. The van der Waals surface area contributed by atoms with Crippen LogP contribution in [0.2, 0.25) is 0 Å². The molecule has 0 saturated carbocycles. The Morgan fingerprint density at radius 1 is 1.56 bits per heavy atom. The predicted molar refractivity (Wildman–Crippen MR) is 75.8 cm³/mol. The van der Waals surface area contributed by atoms with Crippen LogP contribution < -0.4 is 4.74 Å². The van der Waals surface area contributed by atoms with E-state index in [2.05, 4.69) is 20.9 Å². The summed E-state index contributed by atoms with van der Waals surface area (Å²) >= 11 is 2.51. The molecule has 0 amide bonds. The number of aromatic nitrogens is 1. The van der Waals surface area contributed by atoms with Gasteiger partial charge in [0.1, 0.15) is 4.75 Å². The minimum Gasteiger partial charge on any atom is -0.597 e. The van der Waals surface area contributed by atoms with Crippen molar-refractivity contribution in [3.05, 3.63) is 22.3 Å². The standard InChI is InChI=1S/C12H17BrN2O2S/c1-12(2,3)18(16)15-7-10(15)8-5-11(17-4)14-6-9(8)13/h5-6,10H,7H2,1-4H3/t10-,15?,18?/m1/s1. The van der Waals surface area contributed by atoms with Gasteiger partial charge in [-0.1, -0.05) is 0 Å². The lowest BCUT2D eigenvalue weighted by Crippen LogP contribution is -2.33. The van der Waals surface area contributed by atoms with Gasteiger partial charge in [0.15, 0.2) is 0 Å². The quantitative estimate of drug-likeness (QED) is 0.630. The molecule has 1 aromatic heterocycles. The maximum absolute atomic E-state index is 12.3. The number of hydrogen-bond acceptors (Lipinski definition) is 4. The van der Waals surface area contributed by atoms with Crippen molar-refractivity contribution in [2.24, 2.45) is 0 Å². The molecule has 0 aromatic carbocycles. The Kier molecular flexibility index (Phi) is 3.92. The van der Waals surface area contributed by atoms with Crippen molar-refractivity contribution in [3.63, 3.8) is 0 Å². The summed E-state index contributed by atoms with van der Waals surface area (Å²) < 4.78 is 20.1. The second-order valence-corrected chi connectivity index (χ2v) is 8.27. The smallest absolute Gasteiger partial charge is 0.213 e. The van der Waals surface area contributed by atoms with Crippen LogP contribution in [-0.4, -0.2) is 32.2 Å². The highest BCUT2D eigenvalue weighted by Gasteiger charge is 2.50. The summed E-state index contributed by atoms with van der Waals surface area (Å²) in [5.74, 6) is 0.585. The molecule has 2 rings (SSSR count). The van der Waals surface area contributed by atoms with E-state index in [1.165, 1.54) is 0 Å². The molecule has 1 saturated heterocycles. The molecule has 100 valence electrons. The third-order valence-electron chi connectivity index (χ3n) is 2.73. The van der Waals surface area contributed by atoms with E-state index >= 15 is 0 Å². The average Bonchev–Trinajstić information content (AvgIpc) is 3.07. The van der Waals surface area contributed by atoms with E-state index in [0.717, 1.165) is 16.6 Å². The van der Waals surface area contributed by atoms with Crippen LogP contribution in [0.15, 0.2) is 16.7 Å². The van der Waals surface area contributed by atoms with E-state index in [0.29, 0.717) is 5.88 Å². The average molecular weight is 333 g/mol. The van der Waals surface area contributed by atoms with E-state index < -0.39 is 11.4 Å². The monoisotopic (exact) mass is 332 g/mol. The summed E-state index contributed by atoms with van der Waals surface area (Å²) in [7, 11) is 1.60. The molecule has 1 fully saturated rings. The van der Waals surface area contributed by atoms with Crippen molar-refractivity contribution >= 4 is 27.3 Å². The molecule has 4 nitrogen and oxygen atoms in total. The number of nitrogens with zero attached hydrogens (tertiary/aromatic N) is 2. The lowest BCUT2D eigenvalue weighted by molar-refractivity contribution is 0.397. The van der Waals surface area contributed by atoms with Crippen LogP contribution in [0.3, 0.4) is 0 Å². The van der Waals surface area contributed by atoms with Crippen LogP contribution in [0.25, 0.3) is 0 Å². The maximum Gasteiger partial charge on any atom is 0.213 e. The number of halogens is 1. The van der Waals surface area contributed by atoms with E-state index in [1.807, 2.05) is 31.1 Å². The van der Waals surface area contributed by atoms with Crippen molar-refractivity contribution in [2.75, 3.05) is 13.7 Å². The molecule has 0 spiro atoms. The van der Waals surface area contributed by atoms with E-state index in [4.69, 9.17) is 4.74 Å². The third-order valence-corrected chi connectivity index (χ3v) is 5.27. The van der Waals surface area contributed by atoms with Gasteiger partial charge >= 0.3 is 0 Å². The Morgan fingerprint density at radius 3 is 2.78 bits per heavy atom. The van der Waals surface area contributed by atoms with E-state index in [-0.39, 0.29) is 10.8 Å². The number of methoxy groups -OCH3 is 1. The first kappa shape index (κ1) is 14.1. The fraction of sp³-hybridized carbons (Fsp3) is 0.583. The lowest BCUT2D eigenvalue weighted by atomic mass is 10.2. The molecule has 2 unspecified atom stereocenters. The van der Waals surface area contributed by atoms with Gasteiger partial charge in [0.2, 0.25) is 5.88 Å². The lowest BCUT2D eigenvalue weighted by Gasteiger charge is -2.24. The van der Waals surface area contributed by atoms with Crippen LogP contribution in [0.5, 0.6) is 5.88 Å². The van der Waals surface area contributed by atoms with Crippen LogP contribution >= 0.6 is 15.9 Å². The predicted octanol–water partition coefficient (Wildman–Crippen LogP) is 2.67. The number of ether oxygens (including phenoxy) is 1. The second-order valence-electron chi connectivity index (χ2n) is 5.23. The van der Waals surface area contributed by atoms with Gasteiger partial charge in [0, 0.05) is 28.1 Å². The molecule has 0 radical (unpaired) electrons. The Bertz CT molecular complexity index is 450. The Labute approximate surface area is 119 Å². The zero-order valence-electron chi connectivity index (χ0n) is 10.9. The summed E-state index contributed by atoms with van der Waals surface area (Å²) in [5.41, 5.74) is 1.08. The first-order chi connectivity index (χ1) is 8.34. The first-order valence-corrected chi connectivity index (χ1v) is 7.62. The van der Waals surface area contributed by atoms with Crippen molar-refractivity contribution in [3.8, 4) is 5.88 Å². The Hall–Kier alpha value is -0.300. The summed E-state index contributed by atoms with van der Waals surface area (Å²) in [6.45, 7) is 6.78. The number of hydrogen-bond donors (Lipinski definition) is 0. The molecule has 1 aliphatic heterocycles. The van der Waals surface area contributed by atoms with Crippen LogP contribution in [0.4, 0.5) is 0 Å². The Balaban J connectivity index is 2.16. The molecule has 18 heavy (non-hydrogen) atoms. The minimum absolute atomic E-state index is 0.191. The summed E-state index contributed by atoms with van der Waals surface area (Å²) in [6.07, 6.45) is 1.73. The van der Waals surface area contributed by atoms with Gasteiger partial charge in [-0.15, -0.1) is 4.31 Å². The van der Waals surface area contributed by atoms with Crippen LogP contribution in [0, 0.1) is 0 Å². The highest BCUT2D eigenvalue weighted by atomic mass is 79.9. The van der Waals surface area contributed by atoms with Gasteiger partial charge in [-0.2, -0.15) is 0 Å². The zero-order valence-corrected chi connectivity index (χ0v) is 13.3. The van der Waals surface area contributed by atoms with Crippen molar-refractivity contribution in [2.45, 2.75) is 31.6 Å². The van der Waals surface area contributed by atoms with Crippen LogP contribution in [0.1, 0.15) is 32.4 Å². The van der Waals surface area contributed by atoms with Crippen LogP contribution in [-0.2, 0) is 11.4 Å². The SMILES string of the molecule is COc1cc([C@H]2CN2[S+]([O-])C(C)(C)C)c(Br)cn1. The summed E-state index contributed by atoms with van der Waals surface area (Å²) in [6, 6.07) is 2.09. The molecular formula is C12H17BrN2O2S. The molecule has 0 aliphatic carbocycles. The second kappa shape index (κ2) is 5.00. The van der Waals surface area contributed by atoms with E-state index in [9.17, 15) is 4.55 Å². The molecule has 0 N–H and O–H groups in total. The number of rotatable bonds is 3. The summed E-state index contributed by atoms with van der Waals surface area (Å²) in [5, 5.41) is 0. The van der Waals surface area contributed by atoms with Gasteiger partial charge in [-0.25, -0.2) is 4.98 Å². The van der Waals surface area contributed by atoms with Gasteiger partial charge in [0.25, 0.3) is 0 Å². The van der Waals surface area contributed by atoms with E-state index in [1.54, 1.807) is 13.3 Å². The van der Waals surface area contributed by atoms with Crippen molar-refractivity contribution in [1.29, 1.82) is 0 Å². The molecule has 1 aliphatic rings. The normalized spacial score (nSPS) is 24.8. The zero-order chi connectivity index (χ0) is 13.5. The number of pyridine rings is 1. The maximum atomic E-state index is 12.3. The molecule has 3 atom stereocenters. The van der Waals surface area contributed by atoms with Crippen molar-refractivity contribution < 1.29 is 9.29 Å². The fourth-order valence-corrected chi connectivity index (χ4v) is 3.52. The summed E-state index contributed by atoms with van der Waals surface area (Å²) in [4.78, 5) is 4.12. The molecular weight excluding hydrogens is 316 g/mol. The van der Waals surface area contributed by atoms with Gasteiger partial charge < -0.3 is 9.29 Å². The first-order valence-electron chi connectivity index (χ1n) is 5.72. The third kappa shape index (κ3) is 2.82. The minimum atomic E-state index is -0.974. The van der Waals surface area contributed by atoms with Gasteiger partial charge in [-0.05, 0) is 42.3 Å². The largest absolute Gasteiger partial charge is 0.597 e. The van der Waals surface area contributed by atoms with Gasteiger partial charge in [-0.3, -0.25) is 0 Å². The molecule has 2 heterocycles. The highest BCUT2D eigenvalue weighted by Crippen LogP contribution is 2.44.